The van der Waals surface area contributed by atoms with Gasteiger partial charge < -0.3 is 4.90 Å². The van der Waals surface area contributed by atoms with E-state index in [9.17, 15) is 8.42 Å². The predicted molar refractivity (Wildman–Crippen MR) is 77.7 cm³/mol. The van der Waals surface area contributed by atoms with Gasteiger partial charge in [-0.25, -0.2) is 13.1 Å². The highest BCUT2D eigenvalue weighted by molar-refractivity contribution is 7.88. The molecule has 1 aromatic carbocycles. The van der Waals surface area contributed by atoms with Gasteiger partial charge >= 0.3 is 0 Å². The summed E-state index contributed by atoms with van der Waals surface area (Å²) in [6.45, 7) is 1.87. The molecule has 1 fully saturated rings. The second kappa shape index (κ2) is 6.22. The van der Waals surface area contributed by atoms with Crippen molar-refractivity contribution < 1.29 is 8.42 Å². The van der Waals surface area contributed by atoms with Crippen molar-refractivity contribution in [2.24, 2.45) is 0 Å². The maximum atomic E-state index is 12.1. The average molecular weight is 303 g/mol. The monoisotopic (exact) mass is 302 g/mol. The molecule has 0 unspecified atom stereocenters. The summed E-state index contributed by atoms with van der Waals surface area (Å²) in [4.78, 5) is 2.21. The van der Waals surface area contributed by atoms with Crippen LogP contribution in [0.5, 0.6) is 0 Å². The third-order valence-electron chi connectivity index (χ3n) is 3.31. The van der Waals surface area contributed by atoms with E-state index in [1.165, 1.54) is 0 Å². The molecule has 1 aliphatic heterocycles. The fourth-order valence-electron chi connectivity index (χ4n) is 2.27. The van der Waals surface area contributed by atoms with Crippen LogP contribution in [-0.4, -0.2) is 39.5 Å². The molecule has 6 heteroatoms. The topological polar surface area (TPSA) is 49.4 Å². The van der Waals surface area contributed by atoms with E-state index >= 15 is 0 Å². The van der Waals surface area contributed by atoms with Crippen molar-refractivity contribution in [3.8, 4) is 0 Å². The van der Waals surface area contributed by atoms with Crippen LogP contribution < -0.4 is 4.72 Å². The molecule has 0 spiro atoms. The number of hydrogen-bond donors (Lipinski definition) is 1. The molecule has 0 aromatic heterocycles. The Morgan fingerprint density at radius 3 is 2.68 bits per heavy atom. The third kappa shape index (κ3) is 4.76. The van der Waals surface area contributed by atoms with E-state index in [-0.39, 0.29) is 11.8 Å². The molecule has 0 radical (unpaired) electrons. The first-order valence-corrected chi connectivity index (χ1v) is 8.41. The minimum absolute atomic E-state index is 0.0140. The summed E-state index contributed by atoms with van der Waals surface area (Å²) >= 11 is 5.86. The summed E-state index contributed by atoms with van der Waals surface area (Å²) in [6, 6.07) is 7.03. The molecular weight excluding hydrogens is 284 g/mol. The molecule has 1 N–H and O–H groups in total. The fraction of sp³-hybridized carbons (Fsp3) is 0.538. The van der Waals surface area contributed by atoms with E-state index in [1.807, 2.05) is 0 Å². The molecule has 106 valence electrons. The number of hydrogen-bond acceptors (Lipinski definition) is 3. The van der Waals surface area contributed by atoms with Gasteiger partial charge in [-0.15, -0.1) is 0 Å². The number of benzene rings is 1. The molecule has 0 amide bonds. The SMILES string of the molecule is CN1CCC(NS(=O)(=O)Cc2cccc(Cl)c2)CC1. The van der Waals surface area contributed by atoms with E-state index in [0.717, 1.165) is 25.9 Å². The van der Waals surface area contributed by atoms with E-state index < -0.39 is 10.0 Å². The minimum atomic E-state index is -3.30. The van der Waals surface area contributed by atoms with E-state index in [0.29, 0.717) is 10.6 Å². The number of nitrogens with zero attached hydrogens (tertiary/aromatic N) is 1. The van der Waals surface area contributed by atoms with E-state index in [2.05, 4.69) is 16.7 Å². The lowest BCUT2D eigenvalue weighted by atomic mass is 10.1. The van der Waals surface area contributed by atoms with Crippen molar-refractivity contribution >= 4 is 21.6 Å². The lowest BCUT2D eigenvalue weighted by Crippen LogP contribution is -2.43. The Hall–Kier alpha value is -0.620. The molecule has 1 aromatic rings. The third-order valence-corrected chi connectivity index (χ3v) is 4.95. The van der Waals surface area contributed by atoms with Gasteiger partial charge in [-0.2, -0.15) is 0 Å². The number of rotatable bonds is 4. The molecule has 0 saturated carbocycles. The molecular formula is C13H19ClN2O2S. The molecule has 4 nitrogen and oxygen atoms in total. The molecule has 1 heterocycles. The molecule has 1 saturated heterocycles. The van der Waals surface area contributed by atoms with Crippen molar-refractivity contribution in [1.82, 2.24) is 9.62 Å². The van der Waals surface area contributed by atoms with Crippen molar-refractivity contribution in [3.05, 3.63) is 34.9 Å². The van der Waals surface area contributed by atoms with E-state index in [4.69, 9.17) is 11.6 Å². The highest BCUT2D eigenvalue weighted by Gasteiger charge is 2.22. The van der Waals surface area contributed by atoms with Crippen molar-refractivity contribution in [3.63, 3.8) is 0 Å². The van der Waals surface area contributed by atoms with Crippen LogP contribution in [0, 0.1) is 0 Å². The fourth-order valence-corrected chi connectivity index (χ4v) is 3.93. The predicted octanol–water partition coefficient (Wildman–Crippen LogP) is 1.85. The number of likely N-dealkylation sites (tertiary alicyclic amines) is 1. The maximum Gasteiger partial charge on any atom is 0.216 e. The Balaban J connectivity index is 1.95. The van der Waals surface area contributed by atoms with Crippen LogP contribution >= 0.6 is 11.6 Å². The zero-order valence-electron chi connectivity index (χ0n) is 11.0. The normalized spacial score (nSPS) is 18.6. The van der Waals surface area contributed by atoms with Gasteiger partial charge in [0.05, 0.1) is 5.75 Å². The van der Waals surface area contributed by atoms with Crippen LogP contribution in [0.15, 0.2) is 24.3 Å². The highest BCUT2D eigenvalue weighted by Crippen LogP contribution is 2.15. The van der Waals surface area contributed by atoms with Gasteiger partial charge in [-0.1, -0.05) is 23.7 Å². The molecule has 19 heavy (non-hydrogen) atoms. The Kier molecular flexibility index (Phi) is 4.84. The molecule has 0 aliphatic carbocycles. The molecule has 1 aliphatic rings. The Morgan fingerprint density at radius 1 is 1.37 bits per heavy atom. The van der Waals surface area contributed by atoms with Crippen LogP contribution in [-0.2, 0) is 15.8 Å². The lowest BCUT2D eigenvalue weighted by Gasteiger charge is -2.29. The molecule has 0 atom stereocenters. The van der Waals surface area contributed by atoms with Crippen LogP contribution in [0.2, 0.25) is 5.02 Å². The Bertz CT molecular complexity index is 525. The zero-order valence-corrected chi connectivity index (χ0v) is 12.5. The van der Waals surface area contributed by atoms with Gasteiger partial charge in [-0.05, 0) is 50.7 Å². The second-order valence-corrected chi connectivity index (χ2v) is 7.27. The smallest absolute Gasteiger partial charge is 0.216 e. The zero-order chi connectivity index (χ0) is 13.9. The standard InChI is InChI=1S/C13H19ClN2O2S/c1-16-7-5-13(6-8-16)15-19(17,18)10-11-3-2-4-12(14)9-11/h2-4,9,13,15H,5-8,10H2,1H3. The summed E-state index contributed by atoms with van der Waals surface area (Å²) in [5, 5.41) is 0.562. The van der Waals surface area contributed by atoms with Crippen LogP contribution in [0.25, 0.3) is 0 Å². The van der Waals surface area contributed by atoms with Gasteiger partial charge in [0.2, 0.25) is 10.0 Å². The lowest BCUT2D eigenvalue weighted by molar-refractivity contribution is 0.248. The Labute approximate surface area is 119 Å². The average Bonchev–Trinajstić information content (AvgIpc) is 2.31. The molecule has 2 rings (SSSR count). The first-order chi connectivity index (χ1) is 8.94. The number of nitrogens with one attached hydrogen (secondary N) is 1. The van der Waals surface area contributed by atoms with Crippen molar-refractivity contribution in [2.45, 2.75) is 24.6 Å². The van der Waals surface area contributed by atoms with E-state index in [1.54, 1.807) is 24.3 Å². The van der Waals surface area contributed by atoms with Crippen LogP contribution in [0.3, 0.4) is 0 Å². The first-order valence-electron chi connectivity index (χ1n) is 6.37. The van der Waals surface area contributed by atoms with Crippen molar-refractivity contribution in [1.29, 1.82) is 0 Å². The van der Waals surface area contributed by atoms with Gasteiger partial charge in [-0.3, -0.25) is 0 Å². The van der Waals surface area contributed by atoms with Gasteiger partial charge in [0.15, 0.2) is 0 Å². The number of halogens is 1. The Morgan fingerprint density at radius 2 is 2.05 bits per heavy atom. The first kappa shape index (κ1) is 14.8. The van der Waals surface area contributed by atoms with Gasteiger partial charge in [0, 0.05) is 11.1 Å². The quantitative estimate of drug-likeness (QED) is 0.923. The van der Waals surface area contributed by atoms with Gasteiger partial charge in [0.1, 0.15) is 0 Å². The molecule has 0 bridgehead atoms. The summed E-state index contributed by atoms with van der Waals surface area (Å²) in [6.07, 6.45) is 1.73. The summed E-state index contributed by atoms with van der Waals surface area (Å²) in [5.74, 6) is -0.0140. The second-order valence-electron chi connectivity index (χ2n) is 5.08. The summed E-state index contributed by atoms with van der Waals surface area (Å²) < 4.78 is 27.0. The van der Waals surface area contributed by atoms with Crippen molar-refractivity contribution in [2.75, 3.05) is 20.1 Å². The van der Waals surface area contributed by atoms with Crippen LogP contribution in [0.4, 0.5) is 0 Å². The summed E-state index contributed by atoms with van der Waals surface area (Å²) in [5.41, 5.74) is 0.716. The van der Waals surface area contributed by atoms with Gasteiger partial charge in [0.25, 0.3) is 0 Å². The maximum absolute atomic E-state index is 12.1. The van der Waals surface area contributed by atoms with Crippen LogP contribution in [0.1, 0.15) is 18.4 Å². The highest BCUT2D eigenvalue weighted by atomic mass is 35.5. The summed E-state index contributed by atoms with van der Waals surface area (Å²) in [7, 11) is -1.24. The number of sulfonamides is 1. The number of piperidine rings is 1. The minimum Gasteiger partial charge on any atom is -0.306 e. The largest absolute Gasteiger partial charge is 0.306 e.